The maximum absolute atomic E-state index is 12.4. The molecule has 2 aromatic rings. The van der Waals surface area contributed by atoms with E-state index in [1.807, 2.05) is 56.3 Å². The van der Waals surface area contributed by atoms with Crippen molar-refractivity contribution in [1.29, 1.82) is 0 Å². The number of halogens is 1. The molecule has 0 aliphatic rings. The summed E-state index contributed by atoms with van der Waals surface area (Å²) in [5.74, 6) is 0. The molecule has 0 radical (unpaired) electrons. The molecular formula is C12H14FNS. The Balaban J connectivity index is 0.000000531. The van der Waals surface area contributed by atoms with Crippen LogP contribution in [0, 0.1) is 0 Å². The minimum absolute atomic E-state index is 0.214. The van der Waals surface area contributed by atoms with Crippen molar-refractivity contribution in [2.75, 3.05) is 0 Å². The fraction of sp³-hybridized carbons (Fsp3) is 0.167. The second kappa shape index (κ2) is 6.30. The van der Waals surface area contributed by atoms with Crippen LogP contribution in [0.5, 0.6) is 0 Å². The molecule has 2 rings (SSSR count). The van der Waals surface area contributed by atoms with Crippen LogP contribution in [0.3, 0.4) is 0 Å². The van der Waals surface area contributed by atoms with Gasteiger partial charge < -0.3 is 0 Å². The van der Waals surface area contributed by atoms with Crippen LogP contribution in [0.2, 0.25) is 0 Å². The molecule has 0 atom stereocenters. The second-order valence-electron chi connectivity index (χ2n) is 2.65. The third-order valence-electron chi connectivity index (χ3n) is 1.86. The predicted molar refractivity (Wildman–Crippen MR) is 65.3 cm³/mol. The molecule has 0 aliphatic carbocycles. The Kier molecular flexibility index (Phi) is 4.98. The number of benzene rings is 1. The molecule has 0 saturated heterocycles. The minimum Gasteiger partial charge on any atom is -0.264 e. The molecule has 0 N–H and O–H groups in total. The Morgan fingerprint density at radius 1 is 1.00 bits per heavy atom. The summed E-state index contributed by atoms with van der Waals surface area (Å²) in [6, 6.07) is 13.5. The monoisotopic (exact) mass is 223 g/mol. The van der Waals surface area contributed by atoms with Crippen LogP contribution in [0.15, 0.2) is 48.7 Å². The zero-order valence-electron chi connectivity index (χ0n) is 8.85. The van der Waals surface area contributed by atoms with Gasteiger partial charge in [-0.15, -0.1) is 3.89 Å². The Morgan fingerprint density at radius 3 is 2.27 bits per heavy atom. The quantitative estimate of drug-likeness (QED) is 0.722. The van der Waals surface area contributed by atoms with Gasteiger partial charge in [0.15, 0.2) is 12.3 Å². The summed E-state index contributed by atoms with van der Waals surface area (Å²) >= 11 is 0.214. The highest BCUT2D eigenvalue weighted by atomic mass is 32.2. The van der Waals surface area contributed by atoms with Gasteiger partial charge in [0.25, 0.3) is 0 Å². The van der Waals surface area contributed by atoms with Gasteiger partial charge in [-0.05, 0) is 17.7 Å². The molecule has 15 heavy (non-hydrogen) atoms. The first kappa shape index (κ1) is 11.9. The van der Waals surface area contributed by atoms with Gasteiger partial charge in [0.2, 0.25) is 0 Å². The van der Waals surface area contributed by atoms with Crippen LogP contribution in [-0.2, 0) is 0 Å². The molecule has 0 spiro atoms. The number of nitrogens with zero attached hydrogens (tertiary/aromatic N) is 1. The van der Waals surface area contributed by atoms with E-state index >= 15 is 0 Å². The van der Waals surface area contributed by atoms with E-state index in [0.717, 1.165) is 11.3 Å². The largest absolute Gasteiger partial charge is 0.264 e. The number of hydrogen-bond acceptors (Lipinski definition) is 1. The normalized spacial score (nSPS) is 9.27. The Hall–Kier alpha value is -1.22. The van der Waals surface area contributed by atoms with Crippen molar-refractivity contribution < 1.29 is 3.89 Å². The standard InChI is InChI=1S/C10H8FNS.C2H6/c11-13-12-8-4-7-10(12)9-5-2-1-3-6-9;1-2/h1-8H;1-2H3. The Morgan fingerprint density at radius 2 is 1.67 bits per heavy atom. The maximum atomic E-state index is 12.4. The van der Waals surface area contributed by atoms with Crippen molar-refractivity contribution in [3.63, 3.8) is 0 Å². The molecule has 0 unspecified atom stereocenters. The van der Waals surface area contributed by atoms with Gasteiger partial charge in [0.05, 0.1) is 5.69 Å². The average Bonchev–Trinajstić information content (AvgIpc) is 2.81. The zero-order chi connectivity index (χ0) is 11.1. The van der Waals surface area contributed by atoms with Crippen molar-refractivity contribution >= 4 is 12.3 Å². The molecule has 1 nitrogen and oxygen atoms in total. The fourth-order valence-electron chi connectivity index (χ4n) is 1.26. The van der Waals surface area contributed by atoms with E-state index in [4.69, 9.17) is 0 Å². The van der Waals surface area contributed by atoms with Gasteiger partial charge >= 0.3 is 0 Å². The van der Waals surface area contributed by atoms with Crippen molar-refractivity contribution in [2.24, 2.45) is 0 Å². The molecular weight excluding hydrogens is 209 g/mol. The highest BCUT2D eigenvalue weighted by Crippen LogP contribution is 2.23. The molecule has 80 valence electrons. The van der Waals surface area contributed by atoms with E-state index in [-0.39, 0.29) is 12.3 Å². The van der Waals surface area contributed by atoms with Gasteiger partial charge in [0.1, 0.15) is 0 Å². The third-order valence-corrected chi connectivity index (χ3v) is 2.32. The Labute approximate surface area is 94.4 Å². The van der Waals surface area contributed by atoms with Crippen molar-refractivity contribution in [3.8, 4) is 11.3 Å². The number of rotatable bonds is 2. The predicted octanol–water partition coefficient (Wildman–Crippen LogP) is 4.56. The fourth-order valence-corrected chi connectivity index (χ4v) is 1.62. The average molecular weight is 223 g/mol. The van der Waals surface area contributed by atoms with Crippen LogP contribution >= 0.6 is 12.3 Å². The molecule has 1 aromatic heterocycles. The maximum Gasteiger partial charge on any atom is 0.169 e. The third kappa shape index (κ3) is 2.86. The van der Waals surface area contributed by atoms with Crippen LogP contribution in [0.4, 0.5) is 3.89 Å². The molecule has 3 heteroatoms. The lowest BCUT2D eigenvalue weighted by Gasteiger charge is -2.01. The number of hydrogen-bond donors (Lipinski definition) is 0. The first-order chi connectivity index (χ1) is 7.42. The van der Waals surface area contributed by atoms with Gasteiger partial charge in [-0.3, -0.25) is 3.97 Å². The van der Waals surface area contributed by atoms with Crippen LogP contribution in [0.25, 0.3) is 11.3 Å². The van der Waals surface area contributed by atoms with E-state index in [9.17, 15) is 3.89 Å². The molecule has 0 saturated carbocycles. The Bertz CT molecular complexity index is 384. The summed E-state index contributed by atoms with van der Waals surface area (Å²) in [6.07, 6.45) is 1.70. The van der Waals surface area contributed by atoms with Gasteiger partial charge in [0, 0.05) is 6.20 Å². The lowest BCUT2D eigenvalue weighted by molar-refractivity contribution is 0.918. The summed E-state index contributed by atoms with van der Waals surface area (Å²) in [6.45, 7) is 4.00. The second-order valence-corrected chi connectivity index (χ2v) is 3.19. The smallest absolute Gasteiger partial charge is 0.169 e. The first-order valence-electron chi connectivity index (χ1n) is 4.93. The van der Waals surface area contributed by atoms with Crippen LogP contribution < -0.4 is 0 Å². The minimum atomic E-state index is 0.214. The van der Waals surface area contributed by atoms with E-state index in [1.54, 1.807) is 6.20 Å². The summed E-state index contributed by atoms with van der Waals surface area (Å²) in [4.78, 5) is 0. The van der Waals surface area contributed by atoms with E-state index in [2.05, 4.69) is 0 Å². The number of aromatic nitrogens is 1. The van der Waals surface area contributed by atoms with Gasteiger partial charge in [-0.25, -0.2) is 0 Å². The van der Waals surface area contributed by atoms with Crippen molar-refractivity contribution in [1.82, 2.24) is 3.97 Å². The van der Waals surface area contributed by atoms with Crippen LogP contribution in [-0.4, -0.2) is 3.97 Å². The van der Waals surface area contributed by atoms with Gasteiger partial charge in [-0.1, -0.05) is 44.2 Å². The van der Waals surface area contributed by atoms with Crippen LogP contribution in [0.1, 0.15) is 13.8 Å². The highest BCUT2D eigenvalue weighted by Gasteiger charge is 2.02. The summed E-state index contributed by atoms with van der Waals surface area (Å²) in [7, 11) is 0. The SMILES string of the molecule is CC.FSn1cccc1-c1ccccc1. The first-order valence-corrected chi connectivity index (χ1v) is 5.61. The lowest BCUT2D eigenvalue weighted by Crippen LogP contribution is -1.84. The van der Waals surface area contributed by atoms with Gasteiger partial charge in [-0.2, -0.15) is 0 Å². The summed E-state index contributed by atoms with van der Waals surface area (Å²) < 4.78 is 13.9. The molecule has 0 amide bonds. The molecule has 0 bridgehead atoms. The molecule has 0 fully saturated rings. The molecule has 0 aliphatic heterocycles. The lowest BCUT2D eigenvalue weighted by atomic mass is 10.2. The van der Waals surface area contributed by atoms with E-state index in [1.165, 1.54) is 3.97 Å². The van der Waals surface area contributed by atoms with Crippen molar-refractivity contribution in [2.45, 2.75) is 13.8 Å². The summed E-state index contributed by atoms with van der Waals surface area (Å²) in [5.41, 5.74) is 1.91. The van der Waals surface area contributed by atoms with E-state index in [0.29, 0.717) is 0 Å². The van der Waals surface area contributed by atoms with Crippen molar-refractivity contribution in [3.05, 3.63) is 48.7 Å². The molecule has 1 aromatic carbocycles. The molecule has 1 heterocycles. The summed E-state index contributed by atoms with van der Waals surface area (Å²) in [5, 5.41) is 0. The highest BCUT2D eigenvalue weighted by molar-refractivity contribution is 7.92. The zero-order valence-corrected chi connectivity index (χ0v) is 9.67. The topological polar surface area (TPSA) is 4.93 Å². The van der Waals surface area contributed by atoms with E-state index < -0.39 is 0 Å².